The standard InChI is InChI=1S/C12H11ClF3NO3S/c13-7-3-8-9(20-2-1-19-8)4-10(7)21-5-11(18)17-6-12(14,15)16/h3-4H,1-2,5-6H2,(H,17,18). The van der Waals surface area contributed by atoms with E-state index in [1.165, 1.54) is 0 Å². The highest BCUT2D eigenvalue weighted by Gasteiger charge is 2.27. The molecular weight excluding hydrogens is 331 g/mol. The molecule has 4 nitrogen and oxygen atoms in total. The minimum Gasteiger partial charge on any atom is -0.486 e. The van der Waals surface area contributed by atoms with E-state index >= 15 is 0 Å². The summed E-state index contributed by atoms with van der Waals surface area (Å²) in [7, 11) is 0. The van der Waals surface area contributed by atoms with Gasteiger partial charge < -0.3 is 14.8 Å². The lowest BCUT2D eigenvalue weighted by Gasteiger charge is -2.19. The third-order valence-corrected chi connectivity index (χ3v) is 3.92. The number of nitrogens with one attached hydrogen (secondary N) is 1. The smallest absolute Gasteiger partial charge is 0.405 e. The summed E-state index contributed by atoms with van der Waals surface area (Å²) in [5, 5.41) is 2.15. The van der Waals surface area contributed by atoms with E-state index in [0.717, 1.165) is 11.8 Å². The normalized spacial score (nSPS) is 13.9. The van der Waals surface area contributed by atoms with Crippen molar-refractivity contribution >= 4 is 29.3 Å². The van der Waals surface area contributed by atoms with E-state index in [1.807, 2.05) is 0 Å². The number of ether oxygens (including phenoxy) is 2. The monoisotopic (exact) mass is 341 g/mol. The van der Waals surface area contributed by atoms with Crippen molar-refractivity contribution in [2.45, 2.75) is 11.1 Å². The molecule has 0 saturated heterocycles. The molecule has 1 aromatic carbocycles. The molecule has 0 unspecified atom stereocenters. The number of rotatable bonds is 4. The Bertz CT molecular complexity index is 539. The van der Waals surface area contributed by atoms with E-state index in [-0.39, 0.29) is 5.75 Å². The van der Waals surface area contributed by atoms with Crippen molar-refractivity contribution in [1.82, 2.24) is 5.32 Å². The van der Waals surface area contributed by atoms with Gasteiger partial charge in [0.15, 0.2) is 11.5 Å². The number of hydrogen-bond donors (Lipinski definition) is 1. The highest BCUT2D eigenvalue weighted by Crippen LogP contribution is 2.39. The molecule has 1 heterocycles. The van der Waals surface area contributed by atoms with Crippen LogP contribution in [0.25, 0.3) is 0 Å². The van der Waals surface area contributed by atoms with E-state index in [0.29, 0.717) is 34.6 Å². The van der Waals surface area contributed by atoms with Crippen LogP contribution in [0.15, 0.2) is 17.0 Å². The van der Waals surface area contributed by atoms with Gasteiger partial charge in [-0.15, -0.1) is 11.8 Å². The second-order valence-corrected chi connectivity index (χ2v) is 5.53. The molecule has 0 saturated carbocycles. The molecule has 9 heteroatoms. The average molecular weight is 342 g/mol. The first-order chi connectivity index (χ1) is 9.85. The molecule has 1 amide bonds. The summed E-state index contributed by atoms with van der Waals surface area (Å²) in [6.07, 6.45) is -4.42. The van der Waals surface area contributed by atoms with Crippen molar-refractivity contribution in [1.29, 1.82) is 0 Å². The summed E-state index contributed by atoms with van der Waals surface area (Å²) in [6.45, 7) is -0.512. The molecule has 1 aliphatic heterocycles. The lowest BCUT2D eigenvalue weighted by Crippen LogP contribution is -2.34. The molecule has 0 atom stereocenters. The molecule has 0 aliphatic carbocycles. The Hall–Kier alpha value is -1.28. The van der Waals surface area contributed by atoms with Crippen LogP contribution < -0.4 is 14.8 Å². The predicted octanol–water partition coefficient (Wildman–Crippen LogP) is 2.88. The Balaban J connectivity index is 1.92. The zero-order chi connectivity index (χ0) is 15.5. The Kier molecular flexibility index (Phi) is 5.10. The van der Waals surface area contributed by atoms with Gasteiger partial charge in [0, 0.05) is 11.0 Å². The highest BCUT2D eigenvalue weighted by molar-refractivity contribution is 8.00. The van der Waals surface area contributed by atoms with E-state index in [4.69, 9.17) is 21.1 Å². The van der Waals surface area contributed by atoms with Crippen molar-refractivity contribution in [2.24, 2.45) is 0 Å². The third-order valence-electron chi connectivity index (χ3n) is 2.44. The highest BCUT2D eigenvalue weighted by atomic mass is 35.5. The summed E-state index contributed by atoms with van der Waals surface area (Å²) in [5.74, 6) is 0.124. The van der Waals surface area contributed by atoms with E-state index in [1.54, 1.807) is 17.4 Å². The fourth-order valence-electron chi connectivity index (χ4n) is 1.55. The molecular formula is C12H11ClF3NO3S. The van der Waals surface area contributed by atoms with Gasteiger partial charge in [-0.05, 0) is 6.07 Å². The molecule has 0 spiro atoms. The predicted molar refractivity (Wildman–Crippen MR) is 72.2 cm³/mol. The van der Waals surface area contributed by atoms with Crippen LogP contribution in [0.5, 0.6) is 11.5 Å². The molecule has 0 aromatic heterocycles. The van der Waals surface area contributed by atoms with Crippen molar-refractivity contribution in [3.05, 3.63) is 17.2 Å². The van der Waals surface area contributed by atoms with Gasteiger partial charge in [0.05, 0.1) is 10.8 Å². The first-order valence-corrected chi connectivity index (χ1v) is 7.27. The summed E-state index contributed by atoms with van der Waals surface area (Å²) in [4.78, 5) is 11.9. The molecule has 116 valence electrons. The molecule has 1 aliphatic rings. The average Bonchev–Trinajstić information content (AvgIpc) is 2.42. The molecule has 2 rings (SSSR count). The summed E-state index contributed by atoms with van der Waals surface area (Å²) in [5.41, 5.74) is 0. The first kappa shape index (κ1) is 16.1. The van der Waals surface area contributed by atoms with Gasteiger partial charge >= 0.3 is 6.18 Å². The number of carbonyl (C=O) groups is 1. The van der Waals surface area contributed by atoms with Crippen molar-refractivity contribution in [3.8, 4) is 11.5 Å². The van der Waals surface area contributed by atoms with Crippen LogP contribution in [0, 0.1) is 0 Å². The van der Waals surface area contributed by atoms with Crippen LogP contribution in [0.1, 0.15) is 0 Å². The van der Waals surface area contributed by atoms with Gasteiger partial charge in [0.2, 0.25) is 5.91 Å². The van der Waals surface area contributed by atoms with Crippen LogP contribution in [-0.4, -0.2) is 37.6 Å². The number of fused-ring (bicyclic) bond motifs is 1. The van der Waals surface area contributed by atoms with Gasteiger partial charge in [-0.1, -0.05) is 11.6 Å². The van der Waals surface area contributed by atoms with Crippen LogP contribution in [-0.2, 0) is 4.79 Å². The fraction of sp³-hybridized carbons (Fsp3) is 0.417. The third kappa shape index (κ3) is 4.89. The van der Waals surface area contributed by atoms with Crippen LogP contribution in [0.2, 0.25) is 5.02 Å². The maximum absolute atomic E-state index is 12.0. The molecule has 1 aromatic rings. The number of carbonyl (C=O) groups excluding carboxylic acids is 1. The lowest BCUT2D eigenvalue weighted by molar-refractivity contribution is -0.136. The van der Waals surface area contributed by atoms with Gasteiger partial charge in [-0.2, -0.15) is 13.2 Å². The molecule has 0 radical (unpaired) electrons. The zero-order valence-electron chi connectivity index (χ0n) is 10.6. The second kappa shape index (κ2) is 6.65. The number of amides is 1. The topological polar surface area (TPSA) is 47.6 Å². The summed E-state index contributed by atoms with van der Waals surface area (Å²) in [6, 6.07) is 3.17. The Morgan fingerprint density at radius 3 is 2.52 bits per heavy atom. The van der Waals surface area contributed by atoms with Crippen molar-refractivity contribution < 1.29 is 27.4 Å². The number of alkyl halides is 3. The number of hydrogen-bond acceptors (Lipinski definition) is 4. The van der Waals surface area contributed by atoms with Gasteiger partial charge in [-0.25, -0.2) is 0 Å². The second-order valence-electron chi connectivity index (χ2n) is 4.11. The largest absolute Gasteiger partial charge is 0.486 e. The Labute approximate surface area is 127 Å². The first-order valence-electron chi connectivity index (χ1n) is 5.90. The van der Waals surface area contributed by atoms with Gasteiger partial charge in [0.25, 0.3) is 0 Å². The Morgan fingerprint density at radius 2 is 1.90 bits per heavy atom. The van der Waals surface area contributed by atoms with E-state index in [2.05, 4.69) is 0 Å². The Morgan fingerprint density at radius 1 is 1.29 bits per heavy atom. The van der Waals surface area contributed by atoms with E-state index in [9.17, 15) is 18.0 Å². The minimum atomic E-state index is -4.42. The van der Waals surface area contributed by atoms with Crippen LogP contribution in [0.3, 0.4) is 0 Å². The van der Waals surface area contributed by atoms with E-state index < -0.39 is 18.6 Å². The summed E-state index contributed by atoms with van der Waals surface area (Å²) < 4.78 is 46.6. The van der Waals surface area contributed by atoms with Crippen LogP contribution >= 0.6 is 23.4 Å². The quantitative estimate of drug-likeness (QED) is 0.856. The van der Waals surface area contributed by atoms with Crippen molar-refractivity contribution in [3.63, 3.8) is 0 Å². The number of halogens is 4. The van der Waals surface area contributed by atoms with Gasteiger partial charge in [-0.3, -0.25) is 4.79 Å². The SMILES string of the molecule is O=C(CSc1cc2c(cc1Cl)OCCO2)NCC(F)(F)F. The maximum Gasteiger partial charge on any atom is 0.405 e. The minimum absolute atomic E-state index is 0.171. The maximum atomic E-state index is 12.0. The fourth-order valence-corrected chi connectivity index (χ4v) is 2.64. The zero-order valence-corrected chi connectivity index (χ0v) is 12.2. The van der Waals surface area contributed by atoms with Gasteiger partial charge in [0.1, 0.15) is 19.8 Å². The lowest BCUT2D eigenvalue weighted by atomic mass is 10.3. The molecule has 0 fully saturated rings. The molecule has 1 N–H and O–H groups in total. The molecule has 21 heavy (non-hydrogen) atoms. The molecule has 0 bridgehead atoms. The summed E-state index contributed by atoms with van der Waals surface area (Å²) >= 11 is 7.06. The van der Waals surface area contributed by atoms with Crippen LogP contribution in [0.4, 0.5) is 13.2 Å². The number of thioether (sulfide) groups is 1. The van der Waals surface area contributed by atoms with Crippen molar-refractivity contribution in [2.75, 3.05) is 25.5 Å². The number of benzene rings is 1.